The third-order valence-corrected chi connectivity index (χ3v) is 15.6. The molecule has 82 valence electrons. The fourth-order valence-electron chi connectivity index (χ4n) is 2.34. The third-order valence-electron chi connectivity index (χ3n) is 3.79. The van der Waals surface area contributed by atoms with E-state index in [0.717, 1.165) is 0 Å². The molecule has 0 atom stereocenters. The van der Waals surface area contributed by atoms with Crippen molar-refractivity contribution in [2.24, 2.45) is 0 Å². The molecule has 1 aromatic rings. The normalized spacial score (nSPS) is 11.4. The number of hydrogen-bond donors (Lipinski definition) is 0. The predicted molar refractivity (Wildman–Crippen MR) is 72.7 cm³/mol. The summed E-state index contributed by atoms with van der Waals surface area (Å²) >= 11 is -1.80. The molecule has 0 N–H and O–H groups in total. The Morgan fingerprint density at radius 3 is 1.87 bits per heavy atom. The Morgan fingerprint density at radius 1 is 1.00 bits per heavy atom. The topological polar surface area (TPSA) is 0 Å². The van der Waals surface area contributed by atoms with Crippen LogP contribution in [-0.4, -0.2) is 13.3 Å². The molecule has 0 nitrogen and oxygen atoms in total. The minimum absolute atomic E-state index is 1.36. The second-order valence-electron chi connectivity index (χ2n) is 4.19. The van der Waals surface area contributed by atoms with E-state index in [0.29, 0.717) is 0 Å². The van der Waals surface area contributed by atoms with Gasteiger partial charge in [-0.3, -0.25) is 0 Å². The van der Waals surface area contributed by atoms with Crippen molar-refractivity contribution in [3.8, 4) is 0 Å². The van der Waals surface area contributed by atoms with Crippen molar-refractivity contribution >= 4 is 17.7 Å². The van der Waals surface area contributed by atoms with E-state index in [1.807, 2.05) is 0 Å². The molecule has 0 aliphatic heterocycles. The van der Waals surface area contributed by atoms with Crippen molar-refractivity contribution in [3.63, 3.8) is 0 Å². The van der Waals surface area contributed by atoms with Crippen LogP contribution >= 0.6 is 0 Å². The summed E-state index contributed by atoms with van der Waals surface area (Å²) in [7, 11) is 0. The molecule has 0 aromatic heterocycles. The van der Waals surface area contributed by atoms with E-state index in [9.17, 15) is 0 Å². The first-order chi connectivity index (χ1) is 7.20. The van der Waals surface area contributed by atoms with E-state index in [4.69, 9.17) is 0 Å². The molecule has 15 heavy (non-hydrogen) atoms. The molecule has 0 fully saturated rings. The monoisotopic (exact) mass is 264 g/mol. The average molecular weight is 263 g/mol. The van der Waals surface area contributed by atoms with Gasteiger partial charge in [-0.15, -0.1) is 0 Å². The first-order valence-corrected chi connectivity index (χ1v) is 11.4. The summed E-state index contributed by atoms with van der Waals surface area (Å²) in [5.41, 5.74) is 1.38. The molecule has 0 radical (unpaired) electrons. The predicted octanol–water partition coefficient (Wildman–Crippen LogP) is 4.75. The molecule has 0 saturated carbocycles. The van der Waals surface area contributed by atoms with Crippen molar-refractivity contribution in [2.45, 2.75) is 36.5 Å². The van der Waals surface area contributed by atoms with E-state index < -0.39 is 13.3 Å². The molecule has 1 rings (SSSR count). The SMILES string of the molecule is C=[C](c1ccccc1)[Ge]([CH2]C)([CH2]C)[CH2]C. The summed E-state index contributed by atoms with van der Waals surface area (Å²) in [5.74, 6) is 0. The van der Waals surface area contributed by atoms with Crippen LogP contribution in [0.1, 0.15) is 26.3 Å². The molecule has 0 heterocycles. The van der Waals surface area contributed by atoms with Gasteiger partial charge in [-0.2, -0.15) is 0 Å². The van der Waals surface area contributed by atoms with Crippen molar-refractivity contribution < 1.29 is 0 Å². The molecule has 1 aromatic carbocycles. The number of hydrogen-bond acceptors (Lipinski definition) is 0. The molecule has 0 aliphatic rings. The van der Waals surface area contributed by atoms with Gasteiger partial charge in [0.2, 0.25) is 0 Å². The Labute approximate surface area is 96.8 Å². The molecule has 0 saturated heterocycles. The van der Waals surface area contributed by atoms with E-state index in [1.165, 1.54) is 25.7 Å². The van der Waals surface area contributed by atoms with Gasteiger partial charge in [-0.1, -0.05) is 0 Å². The maximum absolute atomic E-state index is 4.39. The zero-order valence-electron chi connectivity index (χ0n) is 10.2. The Kier molecular flexibility index (Phi) is 4.65. The maximum atomic E-state index is 4.39. The quantitative estimate of drug-likeness (QED) is 0.672. The van der Waals surface area contributed by atoms with Crippen LogP contribution < -0.4 is 0 Å². The third kappa shape index (κ3) is 2.54. The van der Waals surface area contributed by atoms with Crippen molar-refractivity contribution in [1.29, 1.82) is 0 Å². The first-order valence-electron chi connectivity index (χ1n) is 5.95. The van der Waals surface area contributed by atoms with E-state index >= 15 is 0 Å². The molecular weight excluding hydrogens is 241 g/mol. The van der Waals surface area contributed by atoms with Gasteiger partial charge >= 0.3 is 96.7 Å². The van der Waals surface area contributed by atoms with Gasteiger partial charge in [0.25, 0.3) is 0 Å². The molecule has 1 heteroatoms. The van der Waals surface area contributed by atoms with Crippen LogP contribution in [0.15, 0.2) is 36.9 Å². The second-order valence-corrected chi connectivity index (χ2v) is 15.3. The van der Waals surface area contributed by atoms with Gasteiger partial charge in [-0.25, -0.2) is 0 Å². The fraction of sp³-hybridized carbons (Fsp3) is 0.429. The van der Waals surface area contributed by atoms with Gasteiger partial charge in [0.1, 0.15) is 0 Å². The van der Waals surface area contributed by atoms with E-state index in [2.05, 4.69) is 57.7 Å². The zero-order valence-corrected chi connectivity index (χ0v) is 12.3. The minimum atomic E-state index is -1.80. The Balaban J connectivity index is 3.01. The average Bonchev–Trinajstić information content (AvgIpc) is 2.33. The molecule has 0 bridgehead atoms. The molecule has 0 aliphatic carbocycles. The summed E-state index contributed by atoms with van der Waals surface area (Å²) in [6, 6.07) is 10.7. The van der Waals surface area contributed by atoms with Crippen LogP contribution in [0.3, 0.4) is 0 Å². The van der Waals surface area contributed by atoms with Crippen LogP contribution in [0.5, 0.6) is 0 Å². The van der Waals surface area contributed by atoms with Gasteiger partial charge in [0.15, 0.2) is 0 Å². The molecule has 0 unspecified atom stereocenters. The van der Waals surface area contributed by atoms with Crippen LogP contribution in [0.2, 0.25) is 15.8 Å². The van der Waals surface area contributed by atoms with Gasteiger partial charge in [0.05, 0.1) is 0 Å². The molecule has 0 amide bonds. The Bertz CT molecular complexity index is 301. The van der Waals surface area contributed by atoms with Crippen LogP contribution in [0.25, 0.3) is 4.41 Å². The standard InChI is InChI=1S/C14H22Ge/c1-5-15(6-2,7-3)13(4)14-11-9-8-10-12-14/h8-12H,4-7H2,1-3H3. The zero-order chi connectivity index (χ0) is 11.3. The summed E-state index contributed by atoms with van der Waals surface area (Å²) < 4.78 is 1.49. The van der Waals surface area contributed by atoms with Crippen molar-refractivity contribution in [2.75, 3.05) is 0 Å². The van der Waals surface area contributed by atoms with Gasteiger partial charge in [-0.05, 0) is 0 Å². The fourth-order valence-corrected chi connectivity index (χ4v) is 9.80. The van der Waals surface area contributed by atoms with E-state index in [-0.39, 0.29) is 0 Å². The first kappa shape index (κ1) is 12.6. The Hall–Kier alpha value is -0.497. The molecular formula is C14H22Ge. The van der Waals surface area contributed by atoms with Crippen molar-refractivity contribution in [3.05, 3.63) is 42.5 Å². The van der Waals surface area contributed by atoms with E-state index in [1.54, 1.807) is 0 Å². The van der Waals surface area contributed by atoms with Crippen molar-refractivity contribution in [1.82, 2.24) is 0 Å². The summed E-state index contributed by atoms with van der Waals surface area (Å²) in [6.45, 7) is 11.4. The molecule has 0 spiro atoms. The van der Waals surface area contributed by atoms with Crippen LogP contribution in [-0.2, 0) is 0 Å². The summed E-state index contributed by atoms with van der Waals surface area (Å²) in [4.78, 5) is 0. The van der Waals surface area contributed by atoms with Crippen LogP contribution in [0, 0.1) is 0 Å². The van der Waals surface area contributed by atoms with Gasteiger partial charge < -0.3 is 0 Å². The summed E-state index contributed by atoms with van der Waals surface area (Å²) in [6.07, 6.45) is 0. The second kappa shape index (κ2) is 5.55. The van der Waals surface area contributed by atoms with Crippen LogP contribution in [0.4, 0.5) is 0 Å². The number of benzene rings is 1. The Morgan fingerprint density at radius 2 is 1.47 bits per heavy atom. The number of rotatable bonds is 5. The summed E-state index contributed by atoms with van der Waals surface area (Å²) in [5, 5.41) is 4.09. The van der Waals surface area contributed by atoms with Gasteiger partial charge in [0, 0.05) is 0 Å².